The zero-order valence-corrected chi connectivity index (χ0v) is 41.6. The van der Waals surface area contributed by atoms with Crippen LogP contribution in [0.15, 0.2) is 47.4 Å². The number of hydrogen-bond donors (Lipinski definition) is 1. The Morgan fingerprint density at radius 2 is 1.37 bits per heavy atom. The van der Waals surface area contributed by atoms with E-state index in [-0.39, 0.29) is 42.5 Å². The Labute approximate surface area is 408 Å². The smallest absolute Gasteiger partial charge is 0.748 e. The normalized spacial score (nSPS) is 15.7. The van der Waals surface area contributed by atoms with Gasteiger partial charge in [-0.2, -0.15) is 8.78 Å². The van der Waals surface area contributed by atoms with Gasteiger partial charge in [-0.3, -0.25) is 4.79 Å². The summed E-state index contributed by atoms with van der Waals surface area (Å²) in [5, 5.41) is 2.83. The monoisotopic (exact) mass is 1000 g/mol. The molecule has 0 fully saturated rings. The summed E-state index contributed by atoms with van der Waals surface area (Å²) in [7, 11) is -13.1. The summed E-state index contributed by atoms with van der Waals surface area (Å²) in [5.74, 6) is -10.5. The van der Waals surface area contributed by atoms with Gasteiger partial charge in [-0.15, -0.1) is 0 Å². The van der Waals surface area contributed by atoms with Crippen LogP contribution >= 0.6 is 0 Å². The summed E-state index contributed by atoms with van der Waals surface area (Å²) >= 11 is 0. The van der Waals surface area contributed by atoms with E-state index in [1.807, 2.05) is 0 Å². The third-order valence-corrected chi connectivity index (χ3v) is 13.4. The molecule has 5 aliphatic heterocycles. The fourth-order valence-corrected chi connectivity index (χ4v) is 10.5. The van der Waals surface area contributed by atoms with Crippen LogP contribution in [0, 0.1) is 23.3 Å². The molecular formula is C45H48F4N3NaO11S3. The zero-order chi connectivity index (χ0) is 47.7. The van der Waals surface area contributed by atoms with Crippen LogP contribution in [0.4, 0.5) is 23.2 Å². The molecule has 9 rings (SSSR count). The van der Waals surface area contributed by atoms with Gasteiger partial charge < -0.3 is 23.5 Å². The average Bonchev–Trinajstić information content (AvgIpc) is 3.25. The van der Waals surface area contributed by atoms with E-state index in [2.05, 4.69) is 61.4 Å². The number of ether oxygens (including phenoxy) is 2. The van der Waals surface area contributed by atoms with Gasteiger partial charge >= 0.3 is 35.5 Å². The van der Waals surface area contributed by atoms with Crippen molar-refractivity contribution in [2.75, 3.05) is 50.1 Å². The number of fused-ring (bicyclic) bond motifs is 4. The van der Waals surface area contributed by atoms with Crippen molar-refractivity contribution in [3.8, 4) is 17.2 Å². The summed E-state index contributed by atoms with van der Waals surface area (Å²) < 4.78 is 151. The van der Waals surface area contributed by atoms with Crippen LogP contribution < -0.4 is 63.8 Å². The second-order valence-electron chi connectivity index (χ2n) is 16.7. The van der Waals surface area contributed by atoms with E-state index in [1.165, 1.54) is 120 Å². The Morgan fingerprint density at radius 1 is 0.776 bits per heavy atom. The van der Waals surface area contributed by atoms with Gasteiger partial charge in [-0.05, 0) is 74.6 Å². The molecule has 5 aliphatic rings. The molecule has 14 nitrogen and oxygen atoms in total. The molecular weight excluding hydrogens is 954 g/mol. The maximum Gasteiger partial charge on any atom is 1.00 e. The van der Waals surface area contributed by atoms with Crippen molar-refractivity contribution in [1.29, 1.82) is 0 Å². The van der Waals surface area contributed by atoms with Gasteiger partial charge in [0.1, 0.15) is 39.6 Å². The molecule has 4 aromatic carbocycles. The summed E-state index contributed by atoms with van der Waals surface area (Å²) in [6, 6.07) is 16.1. The van der Waals surface area contributed by atoms with Gasteiger partial charge in [0.2, 0.25) is 32.8 Å². The van der Waals surface area contributed by atoms with E-state index in [0.717, 1.165) is 30.6 Å². The van der Waals surface area contributed by atoms with Crippen LogP contribution in [0.3, 0.4) is 0 Å². The first-order valence-electron chi connectivity index (χ1n) is 21.5. The topological polar surface area (TPSA) is 202 Å². The molecule has 67 heavy (non-hydrogen) atoms. The molecule has 0 atom stereocenters. The molecule has 0 amide bonds. The molecule has 4 aromatic rings. The first-order chi connectivity index (χ1) is 31.1. The van der Waals surface area contributed by atoms with Gasteiger partial charge in [0.25, 0.3) is 0 Å². The minimum absolute atomic E-state index is 0. The molecule has 0 bridgehead atoms. The molecule has 5 heterocycles. The Morgan fingerprint density at radius 3 is 2.00 bits per heavy atom. The van der Waals surface area contributed by atoms with Gasteiger partial charge in [0, 0.05) is 78.3 Å². The Balaban J connectivity index is 0.000000204. The second-order valence-corrected chi connectivity index (χ2v) is 21.3. The van der Waals surface area contributed by atoms with Gasteiger partial charge in [-0.25, -0.2) is 43.3 Å². The number of unbranched alkanes of at least 4 members (excludes halogenated alkanes) is 2. The Hall–Kier alpha value is -3.93. The van der Waals surface area contributed by atoms with E-state index >= 15 is 0 Å². The number of halogens is 4. The maximum absolute atomic E-state index is 13.7. The van der Waals surface area contributed by atoms with Crippen molar-refractivity contribution >= 4 is 47.5 Å². The van der Waals surface area contributed by atoms with Crippen LogP contribution in [0.1, 0.15) is 84.7 Å². The number of rotatable bonds is 10. The fraction of sp³-hybridized carbons (Fsp3) is 0.422. The number of benzene rings is 4. The third kappa shape index (κ3) is 12.1. The number of hydrogen-bond acceptors (Lipinski definition) is 12. The number of aryl methyl sites for hydroxylation is 2. The first-order valence-corrected chi connectivity index (χ1v) is 26.6. The SMILES string of the molecule is CS(=O)(=O)NCCCCCC(=O)Oc1c(F)c(F)c(S(=O)(=O)[O-])c(F)c1F.CS(=O)(=O)[O-].[Na+].c1ccc(C2=c3cc4c5c(c3Oc3c2cc2c6c3CCCN6CCC2)CCC[N+]=5CCC4)cc1. The van der Waals surface area contributed by atoms with Crippen LogP contribution in [0.5, 0.6) is 17.2 Å². The molecule has 0 saturated heterocycles. The molecule has 0 spiro atoms. The van der Waals surface area contributed by atoms with Crippen LogP contribution in [0.2, 0.25) is 0 Å². The third-order valence-electron chi connectivity index (χ3n) is 11.8. The Kier molecular flexibility index (Phi) is 16.7. The summed E-state index contributed by atoms with van der Waals surface area (Å²) in [5.41, 5.74) is 11.5. The molecule has 0 saturated carbocycles. The van der Waals surface area contributed by atoms with Crippen molar-refractivity contribution in [3.63, 3.8) is 0 Å². The standard InChI is InChI=1S/C31H31N2O.C13H15F4NO7S2.CH4O3S.Na/c1-2-8-20(9-3-1)27-25-18-21-10-4-14-32-16-6-12-23(28(21)32)30(25)34-31-24-13-7-17-33-15-5-11-22(29(24)33)19-26(27)31;1-26(20,21)18-6-4-2-3-5-7(19)25-12-8(14)10(16)13(27(22,23)24)11(17)9(12)15;1-5(2,3)4;/h1-3,8-9,18-19H,4-7,10-17H2;18H,2-6H2,1H3,(H,22,23,24);1H3,(H,2,3,4);/q+1;;;+1/p-2. The van der Waals surface area contributed by atoms with Crippen molar-refractivity contribution in [2.45, 2.75) is 81.9 Å². The van der Waals surface area contributed by atoms with Crippen LogP contribution in [-0.4, -0.2) is 85.6 Å². The number of sulfonamides is 1. The minimum atomic E-state index is -5.86. The summed E-state index contributed by atoms with van der Waals surface area (Å²) in [6.07, 6.45) is 11.5. The molecule has 0 radical (unpaired) electrons. The predicted molar refractivity (Wildman–Crippen MR) is 234 cm³/mol. The van der Waals surface area contributed by atoms with Crippen LogP contribution in [0.25, 0.3) is 5.57 Å². The molecule has 0 unspecified atom stereocenters. The van der Waals surface area contributed by atoms with Gasteiger partial charge in [-0.1, -0.05) is 36.8 Å². The molecule has 0 aliphatic carbocycles. The Bertz CT molecular complexity index is 3030. The predicted octanol–water partition coefficient (Wildman–Crippen LogP) is 1.45. The quantitative estimate of drug-likeness (QED) is 0.0309. The molecule has 356 valence electrons. The summed E-state index contributed by atoms with van der Waals surface area (Å²) in [6.45, 7) is 4.87. The second kappa shape index (κ2) is 21.4. The number of nitrogens with one attached hydrogen (secondary N) is 1. The minimum Gasteiger partial charge on any atom is -0.748 e. The van der Waals surface area contributed by atoms with Crippen molar-refractivity contribution in [3.05, 3.63) is 110 Å². The average molecular weight is 1000 g/mol. The van der Waals surface area contributed by atoms with Crippen molar-refractivity contribution in [2.24, 2.45) is 0 Å². The van der Waals surface area contributed by atoms with E-state index in [9.17, 15) is 43.7 Å². The van der Waals surface area contributed by atoms with Gasteiger partial charge in [0.05, 0.1) is 21.9 Å². The number of esters is 1. The van der Waals surface area contributed by atoms with E-state index in [0.29, 0.717) is 19.1 Å². The fourth-order valence-electron chi connectivity index (χ4n) is 9.32. The van der Waals surface area contributed by atoms with E-state index in [1.54, 1.807) is 0 Å². The molecule has 22 heteroatoms. The van der Waals surface area contributed by atoms with Gasteiger partial charge in [0.15, 0.2) is 11.6 Å². The van der Waals surface area contributed by atoms with Crippen molar-refractivity contribution in [1.82, 2.24) is 9.30 Å². The molecule has 0 aromatic heterocycles. The van der Waals surface area contributed by atoms with E-state index in [4.69, 9.17) is 17.7 Å². The van der Waals surface area contributed by atoms with Crippen molar-refractivity contribution < 1.29 is 95.7 Å². The first kappa shape index (κ1) is 52.4. The number of nitrogens with zero attached hydrogens (tertiary/aromatic N) is 2. The van der Waals surface area contributed by atoms with E-state index < -0.39 is 76.6 Å². The zero-order valence-electron chi connectivity index (χ0n) is 37.2. The summed E-state index contributed by atoms with van der Waals surface area (Å²) in [4.78, 5) is 11.8. The largest absolute Gasteiger partial charge is 1.00 e. The number of carbonyl (C=O) groups excluding carboxylic acids is 1. The van der Waals surface area contributed by atoms with Crippen LogP contribution in [-0.2, 0) is 60.7 Å². The number of carbonyl (C=O) groups is 1. The maximum atomic E-state index is 13.7. The number of anilines is 1. The molecule has 1 N–H and O–H groups in total.